The molecule has 0 saturated heterocycles. The molecule has 0 amide bonds. The second-order valence-corrected chi connectivity index (χ2v) is 2.69. The van der Waals surface area contributed by atoms with Crippen LogP contribution in [0.1, 0.15) is 40.0 Å². The SMILES string of the molecule is CCCCOC(C)([O])CC. The average molecular weight is 145 g/mol. The third-order valence-electron chi connectivity index (χ3n) is 1.55. The van der Waals surface area contributed by atoms with Gasteiger partial charge in [0, 0.05) is 6.42 Å². The molecule has 0 heterocycles. The van der Waals surface area contributed by atoms with Crippen molar-refractivity contribution in [2.45, 2.75) is 45.8 Å². The summed E-state index contributed by atoms with van der Waals surface area (Å²) < 4.78 is 5.06. The van der Waals surface area contributed by atoms with Crippen molar-refractivity contribution in [2.75, 3.05) is 6.61 Å². The molecule has 0 aliphatic carbocycles. The van der Waals surface area contributed by atoms with Gasteiger partial charge in [0.15, 0.2) is 5.79 Å². The van der Waals surface area contributed by atoms with Crippen LogP contribution < -0.4 is 0 Å². The molecule has 0 fully saturated rings. The summed E-state index contributed by atoms with van der Waals surface area (Å²) in [6, 6.07) is 0. The molecule has 0 aromatic rings. The van der Waals surface area contributed by atoms with E-state index in [4.69, 9.17) is 4.74 Å². The molecule has 0 aliphatic rings. The average Bonchev–Trinajstić information content (AvgIpc) is 1.89. The van der Waals surface area contributed by atoms with Gasteiger partial charge in [-0.25, -0.2) is 0 Å². The Morgan fingerprint density at radius 1 is 1.40 bits per heavy atom. The largest absolute Gasteiger partial charge is 0.348 e. The molecule has 2 nitrogen and oxygen atoms in total. The van der Waals surface area contributed by atoms with E-state index >= 15 is 0 Å². The van der Waals surface area contributed by atoms with E-state index < -0.39 is 5.79 Å². The minimum Gasteiger partial charge on any atom is -0.348 e. The second-order valence-electron chi connectivity index (χ2n) is 2.69. The first-order valence-corrected chi connectivity index (χ1v) is 3.96. The maximum Gasteiger partial charge on any atom is 0.198 e. The molecule has 0 spiro atoms. The Balaban J connectivity index is 3.28. The molecule has 0 bridgehead atoms. The van der Waals surface area contributed by atoms with Gasteiger partial charge < -0.3 is 4.74 Å². The molecular formula is C8H17O2. The van der Waals surface area contributed by atoms with Crippen molar-refractivity contribution in [2.24, 2.45) is 0 Å². The lowest BCUT2D eigenvalue weighted by atomic mass is 10.2. The monoisotopic (exact) mass is 145 g/mol. The number of hydrogen-bond acceptors (Lipinski definition) is 1. The summed E-state index contributed by atoms with van der Waals surface area (Å²) in [6.07, 6.45) is 2.61. The predicted molar refractivity (Wildman–Crippen MR) is 40.2 cm³/mol. The minimum absolute atomic E-state index is 0.538. The number of rotatable bonds is 5. The molecule has 0 saturated carbocycles. The quantitative estimate of drug-likeness (QED) is 0.431. The van der Waals surface area contributed by atoms with E-state index in [1.165, 1.54) is 0 Å². The lowest BCUT2D eigenvalue weighted by molar-refractivity contribution is -0.229. The smallest absolute Gasteiger partial charge is 0.198 e. The van der Waals surface area contributed by atoms with Crippen molar-refractivity contribution in [1.82, 2.24) is 0 Å². The Labute approximate surface area is 63.2 Å². The Morgan fingerprint density at radius 3 is 2.40 bits per heavy atom. The van der Waals surface area contributed by atoms with E-state index in [0.717, 1.165) is 12.8 Å². The Hall–Kier alpha value is -0.0800. The van der Waals surface area contributed by atoms with E-state index in [0.29, 0.717) is 13.0 Å². The summed E-state index contributed by atoms with van der Waals surface area (Å²) >= 11 is 0. The van der Waals surface area contributed by atoms with Crippen LogP contribution in [-0.4, -0.2) is 12.4 Å². The summed E-state index contributed by atoms with van der Waals surface area (Å²) in [4.78, 5) is 0. The molecule has 0 N–H and O–H groups in total. The van der Waals surface area contributed by atoms with Gasteiger partial charge in [-0.1, -0.05) is 20.3 Å². The van der Waals surface area contributed by atoms with Crippen molar-refractivity contribution in [3.8, 4) is 0 Å². The molecule has 1 atom stereocenters. The first kappa shape index (κ1) is 9.92. The maximum atomic E-state index is 11.1. The van der Waals surface area contributed by atoms with Gasteiger partial charge in [-0.15, -0.1) is 0 Å². The van der Waals surface area contributed by atoms with Gasteiger partial charge in [-0.05, 0) is 13.3 Å². The van der Waals surface area contributed by atoms with Crippen LogP contribution >= 0.6 is 0 Å². The fourth-order valence-corrected chi connectivity index (χ4v) is 0.534. The molecule has 0 aliphatic heterocycles. The van der Waals surface area contributed by atoms with Crippen LogP contribution in [-0.2, 0) is 9.84 Å². The molecule has 1 radical (unpaired) electrons. The van der Waals surface area contributed by atoms with Crippen molar-refractivity contribution in [1.29, 1.82) is 0 Å². The predicted octanol–water partition coefficient (Wildman–Crippen LogP) is 2.36. The van der Waals surface area contributed by atoms with E-state index in [-0.39, 0.29) is 0 Å². The molecule has 0 aromatic heterocycles. The fourth-order valence-electron chi connectivity index (χ4n) is 0.534. The molecule has 0 rings (SSSR count). The fraction of sp³-hybridized carbons (Fsp3) is 1.00. The lowest BCUT2D eigenvalue weighted by Gasteiger charge is -2.18. The molecule has 1 unspecified atom stereocenters. The van der Waals surface area contributed by atoms with E-state index in [1.54, 1.807) is 6.92 Å². The summed E-state index contributed by atoms with van der Waals surface area (Å²) in [5, 5.41) is 11.1. The maximum absolute atomic E-state index is 11.1. The number of ether oxygens (including phenoxy) is 1. The first-order chi connectivity index (χ1) is 4.62. The molecule has 61 valence electrons. The molecule has 0 aromatic carbocycles. The Bertz CT molecular complexity index is 79.3. The second kappa shape index (κ2) is 4.69. The highest BCUT2D eigenvalue weighted by Gasteiger charge is 2.19. The normalized spacial score (nSPS) is 16.8. The van der Waals surface area contributed by atoms with E-state index in [2.05, 4.69) is 6.92 Å². The van der Waals surface area contributed by atoms with Gasteiger partial charge in [0.2, 0.25) is 0 Å². The van der Waals surface area contributed by atoms with Crippen molar-refractivity contribution in [3.05, 3.63) is 0 Å². The third-order valence-corrected chi connectivity index (χ3v) is 1.55. The van der Waals surface area contributed by atoms with Crippen LogP contribution in [0.5, 0.6) is 0 Å². The summed E-state index contributed by atoms with van der Waals surface area (Å²) in [6.45, 7) is 6.11. The zero-order chi connectivity index (χ0) is 8.04. The summed E-state index contributed by atoms with van der Waals surface area (Å²) in [5.41, 5.74) is 0. The topological polar surface area (TPSA) is 29.1 Å². The van der Waals surface area contributed by atoms with E-state index in [1.807, 2.05) is 6.92 Å². The molecule has 2 heteroatoms. The highest BCUT2D eigenvalue weighted by molar-refractivity contribution is 4.54. The van der Waals surface area contributed by atoms with Crippen molar-refractivity contribution >= 4 is 0 Å². The van der Waals surface area contributed by atoms with Crippen LogP contribution in [0.3, 0.4) is 0 Å². The Morgan fingerprint density at radius 2 is 2.00 bits per heavy atom. The summed E-state index contributed by atoms with van der Waals surface area (Å²) in [7, 11) is 0. The van der Waals surface area contributed by atoms with Gasteiger partial charge in [-0.3, -0.25) is 0 Å². The van der Waals surface area contributed by atoms with Crippen LogP contribution in [0.25, 0.3) is 0 Å². The molecule has 10 heavy (non-hydrogen) atoms. The zero-order valence-electron chi connectivity index (χ0n) is 7.14. The van der Waals surface area contributed by atoms with Gasteiger partial charge in [-0.2, -0.15) is 5.11 Å². The zero-order valence-corrected chi connectivity index (χ0v) is 7.14. The minimum atomic E-state index is -1.16. The van der Waals surface area contributed by atoms with E-state index in [9.17, 15) is 5.11 Å². The van der Waals surface area contributed by atoms with Gasteiger partial charge >= 0.3 is 0 Å². The van der Waals surface area contributed by atoms with Crippen LogP contribution in [0.15, 0.2) is 0 Å². The van der Waals surface area contributed by atoms with Crippen molar-refractivity contribution < 1.29 is 9.84 Å². The highest BCUT2D eigenvalue weighted by Crippen LogP contribution is 2.11. The number of unbranched alkanes of at least 4 members (excludes halogenated alkanes) is 1. The van der Waals surface area contributed by atoms with Gasteiger partial charge in [0.25, 0.3) is 0 Å². The molecular weight excluding hydrogens is 128 g/mol. The lowest BCUT2D eigenvalue weighted by Crippen LogP contribution is -2.25. The highest BCUT2D eigenvalue weighted by atomic mass is 16.6. The van der Waals surface area contributed by atoms with Crippen molar-refractivity contribution in [3.63, 3.8) is 0 Å². The Kier molecular flexibility index (Phi) is 4.65. The van der Waals surface area contributed by atoms with Crippen LogP contribution in [0, 0.1) is 0 Å². The first-order valence-electron chi connectivity index (χ1n) is 3.96. The van der Waals surface area contributed by atoms with Gasteiger partial charge in [0.1, 0.15) is 0 Å². The third kappa shape index (κ3) is 4.77. The van der Waals surface area contributed by atoms with Crippen LogP contribution in [0.4, 0.5) is 0 Å². The van der Waals surface area contributed by atoms with Gasteiger partial charge in [0.05, 0.1) is 6.61 Å². The summed E-state index contributed by atoms with van der Waals surface area (Å²) in [5.74, 6) is -1.16. The standard InChI is InChI=1S/C8H17O2/c1-4-6-7-10-8(3,9)5-2/h4-7H2,1-3H3. The van der Waals surface area contributed by atoms with Crippen LogP contribution in [0.2, 0.25) is 0 Å². The number of hydrogen-bond donors (Lipinski definition) is 0.